The van der Waals surface area contributed by atoms with Gasteiger partial charge in [-0.15, -0.1) is 11.3 Å². The van der Waals surface area contributed by atoms with Crippen LogP contribution in [-0.2, 0) is 20.9 Å². The molecule has 1 aliphatic rings. The molecule has 17 heavy (non-hydrogen) atoms. The molecule has 0 radical (unpaired) electrons. The van der Waals surface area contributed by atoms with Crippen LogP contribution in [0.1, 0.15) is 18.5 Å². The fourth-order valence-corrected chi connectivity index (χ4v) is 2.19. The summed E-state index contributed by atoms with van der Waals surface area (Å²) in [6.45, 7) is 0.347. The molecule has 0 bridgehead atoms. The van der Waals surface area contributed by atoms with Crippen LogP contribution in [0.4, 0.5) is 0 Å². The molecular formula is C10H12N2O4S. The number of carboxylic acids is 1. The summed E-state index contributed by atoms with van der Waals surface area (Å²) < 4.78 is 5.13. The maximum atomic E-state index is 11.7. The van der Waals surface area contributed by atoms with Crippen molar-refractivity contribution in [3.05, 3.63) is 16.6 Å². The van der Waals surface area contributed by atoms with Gasteiger partial charge in [-0.05, 0) is 12.8 Å². The highest BCUT2D eigenvalue weighted by Crippen LogP contribution is 2.19. The van der Waals surface area contributed by atoms with Crippen LogP contribution in [0.3, 0.4) is 0 Å². The van der Waals surface area contributed by atoms with Crippen LogP contribution in [0.15, 0.2) is 10.9 Å². The van der Waals surface area contributed by atoms with Crippen LogP contribution in [0.5, 0.6) is 0 Å². The molecule has 92 valence electrons. The number of amides is 1. The van der Waals surface area contributed by atoms with Gasteiger partial charge >= 0.3 is 5.97 Å². The van der Waals surface area contributed by atoms with Crippen molar-refractivity contribution >= 4 is 23.2 Å². The third kappa shape index (κ3) is 3.01. The highest BCUT2D eigenvalue weighted by atomic mass is 32.1. The van der Waals surface area contributed by atoms with Gasteiger partial charge in [-0.2, -0.15) is 0 Å². The molecule has 1 aliphatic heterocycles. The summed E-state index contributed by atoms with van der Waals surface area (Å²) in [6, 6.07) is 0. The Bertz CT molecular complexity index is 406. The minimum atomic E-state index is -1.01. The van der Waals surface area contributed by atoms with Gasteiger partial charge in [-0.25, -0.2) is 9.78 Å². The first kappa shape index (κ1) is 12.0. The second kappa shape index (κ2) is 5.24. The largest absolute Gasteiger partial charge is 0.479 e. The summed E-state index contributed by atoms with van der Waals surface area (Å²) in [7, 11) is 0. The summed E-state index contributed by atoms with van der Waals surface area (Å²) in [6.07, 6.45) is -0.691. The summed E-state index contributed by atoms with van der Waals surface area (Å²) in [5.41, 5.74) is 2.48. The van der Waals surface area contributed by atoms with Gasteiger partial charge in [0, 0.05) is 5.38 Å². The van der Waals surface area contributed by atoms with E-state index in [1.54, 1.807) is 5.51 Å². The van der Waals surface area contributed by atoms with E-state index >= 15 is 0 Å². The second-order valence-electron chi connectivity index (χ2n) is 3.73. The van der Waals surface area contributed by atoms with E-state index in [-0.39, 0.29) is 5.91 Å². The van der Waals surface area contributed by atoms with Crippen LogP contribution in [0.25, 0.3) is 0 Å². The van der Waals surface area contributed by atoms with Gasteiger partial charge in [-0.3, -0.25) is 4.79 Å². The molecule has 1 amide bonds. The minimum absolute atomic E-state index is 0.276. The van der Waals surface area contributed by atoms with Crippen molar-refractivity contribution in [2.45, 2.75) is 31.6 Å². The molecule has 6 nitrogen and oxygen atoms in total. The molecule has 1 saturated heterocycles. The van der Waals surface area contributed by atoms with Crippen molar-refractivity contribution in [2.75, 3.05) is 0 Å². The Morgan fingerprint density at radius 3 is 2.88 bits per heavy atom. The Hall–Kier alpha value is -1.47. The van der Waals surface area contributed by atoms with E-state index in [0.717, 1.165) is 5.69 Å². The third-order valence-corrected chi connectivity index (χ3v) is 3.15. The summed E-state index contributed by atoms with van der Waals surface area (Å²) in [4.78, 5) is 26.3. The lowest BCUT2D eigenvalue weighted by Gasteiger charge is -2.10. The van der Waals surface area contributed by atoms with E-state index in [2.05, 4.69) is 10.3 Å². The predicted octanol–water partition coefficient (Wildman–Crippen LogP) is 0.392. The molecule has 1 aromatic heterocycles. The fourth-order valence-electron chi connectivity index (χ4n) is 1.63. The first-order valence-electron chi connectivity index (χ1n) is 5.20. The molecule has 2 heterocycles. The van der Waals surface area contributed by atoms with E-state index in [0.29, 0.717) is 19.4 Å². The summed E-state index contributed by atoms with van der Waals surface area (Å²) >= 11 is 1.46. The van der Waals surface area contributed by atoms with Crippen molar-refractivity contribution in [3.8, 4) is 0 Å². The molecule has 2 rings (SSSR count). The average Bonchev–Trinajstić information content (AvgIpc) is 2.96. The molecule has 0 saturated carbocycles. The number of carbonyl (C=O) groups excluding carboxylic acids is 1. The Balaban J connectivity index is 1.79. The van der Waals surface area contributed by atoms with E-state index in [1.165, 1.54) is 11.3 Å². The smallest absolute Gasteiger partial charge is 0.332 e. The zero-order valence-electron chi connectivity index (χ0n) is 8.96. The SMILES string of the molecule is O=C(O)C1CCC(C(=O)NCc2cscn2)O1. The van der Waals surface area contributed by atoms with Gasteiger partial charge in [0.25, 0.3) is 0 Å². The number of rotatable bonds is 4. The van der Waals surface area contributed by atoms with E-state index < -0.39 is 18.2 Å². The lowest BCUT2D eigenvalue weighted by molar-refractivity contribution is -0.151. The number of aromatic nitrogens is 1. The highest BCUT2D eigenvalue weighted by Gasteiger charge is 2.34. The topological polar surface area (TPSA) is 88.5 Å². The maximum Gasteiger partial charge on any atom is 0.332 e. The molecule has 2 unspecified atom stereocenters. The van der Waals surface area contributed by atoms with Crippen molar-refractivity contribution < 1.29 is 19.4 Å². The van der Waals surface area contributed by atoms with Crippen LogP contribution < -0.4 is 5.32 Å². The Morgan fingerprint density at radius 2 is 2.29 bits per heavy atom. The number of ether oxygens (including phenoxy) is 1. The van der Waals surface area contributed by atoms with Crippen LogP contribution >= 0.6 is 11.3 Å². The fraction of sp³-hybridized carbons (Fsp3) is 0.500. The Kier molecular flexibility index (Phi) is 3.70. The zero-order valence-corrected chi connectivity index (χ0v) is 9.77. The molecule has 2 atom stereocenters. The molecule has 1 aromatic rings. The number of nitrogens with one attached hydrogen (secondary N) is 1. The number of nitrogens with zero attached hydrogens (tertiary/aromatic N) is 1. The quantitative estimate of drug-likeness (QED) is 0.813. The molecule has 0 spiro atoms. The standard InChI is InChI=1S/C10H12N2O4S/c13-9(11-3-6-4-17-5-12-6)7-1-2-8(16-7)10(14)15/h4-5,7-8H,1-3H2,(H,11,13)(H,14,15). The second-order valence-corrected chi connectivity index (χ2v) is 4.45. The van der Waals surface area contributed by atoms with Crippen LogP contribution in [0.2, 0.25) is 0 Å². The first-order chi connectivity index (χ1) is 8.16. The molecule has 0 aromatic carbocycles. The summed E-state index contributed by atoms with van der Waals surface area (Å²) in [5, 5.41) is 13.2. The number of carboxylic acid groups (broad SMARTS) is 1. The van der Waals surface area contributed by atoms with Crippen molar-refractivity contribution in [1.82, 2.24) is 10.3 Å². The molecule has 1 fully saturated rings. The number of aliphatic carboxylic acids is 1. The Labute approximate surface area is 102 Å². The van der Waals surface area contributed by atoms with Gasteiger partial charge in [0.2, 0.25) is 5.91 Å². The maximum absolute atomic E-state index is 11.7. The first-order valence-corrected chi connectivity index (χ1v) is 6.14. The monoisotopic (exact) mass is 256 g/mol. The van der Waals surface area contributed by atoms with Crippen LogP contribution in [0, 0.1) is 0 Å². The van der Waals surface area contributed by atoms with E-state index in [9.17, 15) is 9.59 Å². The van der Waals surface area contributed by atoms with Crippen molar-refractivity contribution in [2.24, 2.45) is 0 Å². The van der Waals surface area contributed by atoms with Gasteiger partial charge in [0.15, 0.2) is 6.10 Å². The molecule has 7 heteroatoms. The normalized spacial score (nSPS) is 23.5. The average molecular weight is 256 g/mol. The predicted molar refractivity (Wildman–Crippen MR) is 59.5 cm³/mol. The molecule has 2 N–H and O–H groups in total. The van der Waals surface area contributed by atoms with Crippen molar-refractivity contribution in [3.63, 3.8) is 0 Å². The minimum Gasteiger partial charge on any atom is -0.479 e. The highest BCUT2D eigenvalue weighted by molar-refractivity contribution is 7.07. The van der Waals surface area contributed by atoms with Gasteiger partial charge in [0.1, 0.15) is 6.10 Å². The Morgan fingerprint density at radius 1 is 1.53 bits per heavy atom. The number of carbonyl (C=O) groups is 2. The number of hydrogen-bond acceptors (Lipinski definition) is 5. The summed E-state index contributed by atoms with van der Waals surface area (Å²) in [5.74, 6) is -1.29. The molecule has 0 aliphatic carbocycles. The third-order valence-electron chi connectivity index (χ3n) is 2.51. The lowest BCUT2D eigenvalue weighted by Crippen LogP contribution is -2.35. The van der Waals surface area contributed by atoms with E-state index in [4.69, 9.17) is 9.84 Å². The van der Waals surface area contributed by atoms with Gasteiger partial charge in [0.05, 0.1) is 17.7 Å². The van der Waals surface area contributed by atoms with Gasteiger partial charge < -0.3 is 15.2 Å². The van der Waals surface area contributed by atoms with Crippen molar-refractivity contribution in [1.29, 1.82) is 0 Å². The molecular weight excluding hydrogens is 244 g/mol. The number of hydrogen-bond donors (Lipinski definition) is 2. The number of thiazole rings is 1. The van der Waals surface area contributed by atoms with E-state index in [1.807, 2.05) is 5.38 Å². The van der Waals surface area contributed by atoms with Gasteiger partial charge in [-0.1, -0.05) is 0 Å². The lowest BCUT2D eigenvalue weighted by atomic mass is 10.2. The zero-order chi connectivity index (χ0) is 12.3. The van der Waals surface area contributed by atoms with Crippen LogP contribution in [-0.4, -0.2) is 34.2 Å².